The second kappa shape index (κ2) is 4.53. The first-order chi connectivity index (χ1) is 8.74. The van der Waals surface area contributed by atoms with Crippen LogP contribution in [0.3, 0.4) is 0 Å². The molecule has 0 aliphatic heterocycles. The van der Waals surface area contributed by atoms with Gasteiger partial charge in [-0.05, 0) is 31.4 Å². The largest absolute Gasteiger partial charge is 0.356 e. The molecular weight excluding hydrogens is 231 g/mol. The molecule has 18 heavy (non-hydrogen) atoms. The van der Waals surface area contributed by atoms with E-state index in [9.17, 15) is 4.39 Å². The Morgan fingerprint density at radius 3 is 3.00 bits per heavy atom. The van der Waals surface area contributed by atoms with Crippen LogP contribution in [0.5, 0.6) is 0 Å². The normalized spacial score (nSPS) is 15.0. The fraction of sp³-hybridized carbons (Fsp3) is 0.357. The number of aryl methyl sites for hydroxylation is 1. The Hall–Kier alpha value is -1.68. The van der Waals surface area contributed by atoms with Crippen LogP contribution in [-0.2, 0) is 6.54 Å². The predicted octanol–water partition coefficient (Wildman–Crippen LogP) is 3.04. The summed E-state index contributed by atoms with van der Waals surface area (Å²) in [7, 11) is 0. The molecule has 1 N–H and O–H groups in total. The molecule has 0 saturated heterocycles. The molecule has 1 fully saturated rings. The zero-order chi connectivity index (χ0) is 12.5. The molecule has 1 saturated carbocycles. The van der Waals surface area contributed by atoms with Crippen LogP contribution in [0.4, 0.5) is 4.39 Å². The minimum absolute atomic E-state index is 0.218. The fourth-order valence-electron chi connectivity index (χ4n) is 1.90. The van der Waals surface area contributed by atoms with E-state index in [0.29, 0.717) is 17.4 Å². The zero-order valence-electron chi connectivity index (χ0n) is 10.2. The standard InChI is InChI=1S/C14H15FN2O/c1-9-2-3-10(6-13(9)15)14-11(8-17-18-14)7-16-12-4-5-12/h2-3,6,8,12,16H,4-5,7H2,1H3. The highest BCUT2D eigenvalue weighted by molar-refractivity contribution is 5.61. The fourth-order valence-corrected chi connectivity index (χ4v) is 1.90. The molecule has 1 aromatic carbocycles. The summed E-state index contributed by atoms with van der Waals surface area (Å²) in [5.41, 5.74) is 2.35. The van der Waals surface area contributed by atoms with Gasteiger partial charge in [0.15, 0.2) is 5.76 Å². The Labute approximate surface area is 105 Å². The summed E-state index contributed by atoms with van der Waals surface area (Å²) in [6.07, 6.45) is 4.17. The van der Waals surface area contributed by atoms with E-state index in [4.69, 9.17) is 4.52 Å². The van der Waals surface area contributed by atoms with Crippen molar-refractivity contribution in [1.29, 1.82) is 0 Å². The first-order valence-corrected chi connectivity index (χ1v) is 6.17. The molecule has 0 amide bonds. The van der Waals surface area contributed by atoms with Crippen molar-refractivity contribution in [2.24, 2.45) is 0 Å². The SMILES string of the molecule is Cc1ccc(-c2oncc2CNC2CC2)cc1F. The molecule has 3 rings (SSSR count). The molecule has 0 radical (unpaired) electrons. The molecule has 0 bridgehead atoms. The number of nitrogens with zero attached hydrogens (tertiary/aromatic N) is 1. The molecule has 1 aliphatic carbocycles. The lowest BCUT2D eigenvalue weighted by molar-refractivity contribution is 0.431. The van der Waals surface area contributed by atoms with Crippen LogP contribution in [0.15, 0.2) is 28.9 Å². The lowest BCUT2D eigenvalue weighted by Crippen LogP contribution is -2.15. The maximum absolute atomic E-state index is 13.5. The van der Waals surface area contributed by atoms with Gasteiger partial charge in [0, 0.05) is 23.7 Å². The second-order valence-corrected chi connectivity index (χ2v) is 4.80. The first-order valence-electron chi connectivity index (χ1n) is 6.17. The van der Waals surface area contributed by atoms with Gasteiger partial charge in [0.2, 0.25) is 0 Å². The molecular formula is C14H15FN2O. The topological polar surface area (TPSA) is 38.1 Å². The van der Waals surface area contributed by atoms with E-state index in [1.165, 1.54) is 18.9 Å². The van der Waals surface area contributed by atoms with E-state index in [0.717, 1.165) is 17.7 Å². The lowest BCUT2D eigenvalue weighted by atomic mass is 10.1. The summed E-state index contributed by atoms with van der Waals surface area (Å²) >= 11 is 0. The van der Waals surface area contributed by atoms with E-state index in [2.05, 4.69) is 10.5 Å². The van der Waals surface area contributed by atoms with E-state index in [1.54, 1.807) is 19.2 Å². The average Bonchev–Trinajstić information content (AvgIpc) is 3.08. The zero-order valence-corrected chi connectivity index (χ0v) is 10.2. The molecule has 1 heterocycles. The lowest BCUT2D eigenvalue weighted by Gasteiger charge is -2.04. The first kappa shape index (κ1) is 11.4. The van der Waals surface area contributed by atoms with E-state index < -0.39 is 0 Å². The molecule has 1 aliphatic rings. The number of hydrogen-bond acceptors (Lipinski definition) is 3. The summed E-state index contributed by atoms with van der Waals surface area (Å²) < 4.78 is 18.8. The summed E-state index contributed by atoms with van der Waals surface area (Å²) in [5.74, 6) is 0.437. The monoisotopic (exact) mass is 246 g/mol. The Kier molecular flexibility index (Phi) is 2.88. The quantitative estimate of drug-likeness (QED) is 0.901. The Morgan fingerprint density at radius 1 is 1.44 bits per heavy atom. The molecule has 0 unspecified atom stereocenters. The van der Waals surface area contributed by atoms with Crippen molar-refractivity contribution in [1.82, 2.24) is 10.5 Å². The molecule has 3 nitrogen and oxygen atoms in total. The number of aromatic nitrogens is 1. The van der Waals surface area contributed by atoms with Gasteiger partial charge >= 0.3 is 0 Å². The molecule has 0 atom stereocenters. The average molecular weight is 246 g/mol. The second-order valence-electron chi connectivity index (χ2n) is 4.80. The van der Waals surface area contributed by atoms with Crippen molar-refractivity contribution in [2.45, 2.75) is 32.4 Å². The van der Waals surface area contributed by atoms with Gasteiger partial charge in [0.05, 0.1) is 6.20 Å². The van der Waals surface area contributed by atoms with Crippen molar-refractivity contribution in [2.75, 3.05) is 0 Å². The third-order valence-electron chi connectivity index (χ3n) is 3.24. The minimum Gasteiger partial charge on any atom is -0.356 e. The highest BCUT2D eigenvalue weighted by Crippen LogP contribution is 2.26. The third-order valence-corrected chi connectivity index (χ3v) is 3.24. The van der Waals surface area contributed by atoms with Crippen LogP contribution in [0, 0.1) is 12.7 Å². The molecule has 94 valence electrons. The maximum Gasteiger partial charge on any atom is 0.171 e. The van der Waals surface area contributed by atoms with Gasteiger partial charge in [-0.2, -0.15) is 0 Å². The van der Waals surface area contributed by atoms with Crippen LogP contribution < -0.4 is 5.32 Å². The van der Waals surface area contributed by atoms with Crippen LogP contribution in [0.2, 0.25) is 0 Å². The number of benzene rings is 1. The van der Waals surface area contributed by atoms with Gasteiger partial charge in [0.25, 0.3) is 0 Å². The van der Waals surface area contributed by atoms with Crippen LogP contribution in [0.1, 0.15) is 24.0 Å². The van der Waals surface area contributed by atoms with Crippen LogP contribution >= 0.6 is 0 Å². The van der Waals surface area contributed by atoms with Crippen LogP contribution in [0.25, 0.3) is 11.3 Å². The van der Waals surface area contributed by atoms with Crippen molar-refractivity contribution in [3.05, 3.63) is 41.3 Å². The number of hydrogen-bond donors (Lipinski definition) is 1. The number of halogens is 1. The third kappa shape index (κ3) is 2.29. The van der Waals surface area contributed by atoms with Gasteiger partial charge in [-0.3, -0.25) is 0 Å². The Bertz CT molecular complexity index is 561. The summed E-state index contributed by atoms with van der Waals surface area (Å²) in [6, 6.07) is 5.74. The summed E-state index contributed by atoms with van der Waals surface area (Å²) in [6.45, 7) is 2.47. The number of nitrogens with one attached hydrogen (secondary N) is 1. The van der Waals surface area contributed by atoms with E-state index in [-0.39, 0.29) is 5.82 Å². The molecule has 0 spiro atoms. The van der Waals surface area contributed by atoms with E-state index in [1.807, 2.05) is 6.07 Å². The van der Waals surface area contributed by atoms with Gasteiger partial charge in [0.1, 0.15) is 5.82 Å². The van der Waals surface area contributed by atoms with Gasteiger partial charge < -0.3 is 9.84 Å². The summed E-state index contributed by atoms with van der Waals surface area (Å²) in [4.78, 5) is 0. The summed E-state index contributed by atoms with van der Waals surface area (Å²) in [5, 5.41) is 7.21. The van der Waals surface area contributed by atoms with Crippen molar-refractivity contribution >= 4 is 0 Å². The van der Waals surface area contributed by atoms with E-state index >= 15 is 0 Å². The smallest absolute Gasteiger partial charge is 0.171 e. The van der Waals surface area contributed by atoms with Gasteiger partial charge in [-0.25, -0.2) is 4.39 Å². The Morgan fingerprint density at radius 2 is 2.28 bits per heavy atom. The van der Waals surface area contributed by atoms with Crippen LogP contribution in [-0.4, -0.2) is 11.2 Å². The van der Waals surface area contributed by atoms with Crippen molar-refractivity contribution in [3.63, 3.8) is 0 Å². The maximum atomic E-state index is 13.5. The minimum atomic E-state index is -0.218. The highest BCUT2D eigenvalue weighted by atomic mass is 19.1. The predicted molar refractivity (Wildman–Crippen MR) is 66.5 cm³/mol. The van der Waals surface area contributed by atoms with Gasteiger partial charge in [-0.15, -0.1) is 0 Å². The molecule has 1 aromatic heterocycles. The van der Waals surface area contributed by atoms with Crippen molar-refractivity contribution < 1.29 is 8.91 Å². The van der Waals surface area contributed by atoms with Gasteiger partial charge in [-0.1, -0.05) is 17.3 Å². The molecule has 4 heteroatoms. The number of rotatable bonds is 4. The van der Waals surface area contributed by atoms with Crippen molar-refractivity contribution in [3.8, 4) is 11.3 Å². The Balaban J connectivity index is 1.85. The highest BCUT2D eigenvalue weighted by Gasteiger charge is 2.21. The molecule has 2 aromatic rings.